The van der Waals surface area contributed by atoms with Crippen molar-refractivity contribution in [2.45, 2.75) is 26.3 Å². The topological polar surface area (TPSA) is 52.7 Å². The highest BCUT2D eigenvalue weighted by Crippen LogP contribution is 2.24. The Hall–Kier alpha value is -1.89. The van der Waals surface area contributed by atoms with Gasteiger partial charge in [0.15, 0.2) is 0 Å². The lowest BCUT2D eigenvalue weighted by molar-refractivity contribution is -0.133. The van der Waals surface area contributed by atoms with E-state index in [0.717, 1.165) is 18.8 Å². The molecule has 3 rings (SSSR count). The number of halogens is 2. The second-order valence-corrected chi connectivity index (χ2v) is 9.79. The summed E-state index contributed by atoms with van der Waals surface area (Å²) < 4.78 is 0. The highest BCUT2D eigenvalue weighted by Gasteiger charge is 2.29. The van der Waals surface area contributed by atoms with Gasteiger partial charge in [0.05, 0.1) is 10.6 Å². The van der Waals surface area contributed by atoms with Crippen LogP contribution in [0.15, 0.2) is 36.4 Å². The van der Waals surface area contributed by atoms with Gasteiger partial charge in [0.2, 0.25) is 5.91 Å². The maximum absolute atomic E-state index is 13.3. The van der Waals surface area contributed by atoms with Crippen molar-refractivity contribution in [2.24, 2.45) is 0 Å². The van der Waals surface area contributed by atoms with Crippen molar-refractivity contribution in [3.63, 3.8) is 0 Å². The van der Waals surface area contributed by atoms with Crippen LogP contribution in [0.5, 0.6) is 0 Å². The van der Waals surface area contributed by atoms with Gasteiger partial charge >= 0.3 is 0 Å². The molecule has 2 aromatic rings. The van der Waals surface area contributed by atoms with Crippen LogP contribution in [0.4, 0.5) is 5.69 Å². The first kappa shape index (κ1) is 24.7. The zero-order chi connectivity index (χ0) is 23.3. The van der Waals surface area contributed by atoms with E-state index in [0.29, 0.717) is 30.1 Å². The van der Waals surface area contributed by atoms with E-state index in [1.165, 1.54) is 22.9 Å². The molecule has 1 aliphatic rings. The molecule has 5 nitrogen and oxygen atoms in total. The van der Waals surface area contributed by atoms with E-state index in [4.69, 9.17) is 23.2 Å². The van der Waals surface area contributed by atoms with E-state index in [1.807, 2.05) is 11.2 Å². The number of anilines is 1. The van der Waals surface area contributed by atoms with E-state index in [-0.39, 0.29) is 16.8 Å². The lowest BCUT2D eigenvalue weighted by atomic mass is 10.1. The van der Waals surface area contributed by atoms with Crippen LogP contribution in [0.1, 0.15) is 27.9 Å². The number of hydrogen-bond donors (Lipinski definition) is 1. The summed E-state index contributed by atoms with van der Waals surface area (Å²) in [5.74, 6) is 0.367. The van der Waals surface area contributed by atoms with Crippen molar-refractivity contribution in [3.8, 4) is 0 Å². The third-order valence-corrected chi connectivity index (χ3v) is 7.09. The van der Waals surface area contributed by atoms with Gasteiger partial charge in [0.1, 0.15) is 6.04 Å². The normalized spacial score (nSPS) is 14.9. The lowest BCUT2D eigenvalue weighted by Gasteiger charge is -2.38. The van der Waals surface area contributed by atoms with Crippen molar-refractivity contribution >= 4 is 52.5 Å². The molecule has 2 aromatic carbocycles. The highest BCUT2D eigenvalue weighted by molar-refractivity contribution is 7.98. The number of amides is 2. The molecule has 32 heavy (non-hydrogen) atoms. The predicted octanol–water partition coefficient (Wildman–Crippen LogP) is 4.81. The Labute approximate surface area is 204 Å². The first-order valence-electron chi connectivity index (χ1n) is 10.7. The van der Waals surface area contributed by atoms with Crippen molar-refractivity contribution < 1.29 is 9.59 Å². The zero-order valence-corrected chi connectivity index (χ0v) is 21.0. The van der Waals surface area contributed by atoms with E-state index in [2.05, 4.69) is 42.3 Å². The van der Waals surface area contributed by atoms with Crippen LogP contribution in [0.3, 0.4) is 0 Å². The number of rotatable bonds is 7. The number of aryl methyl sites for hydroxylation is 1. The molecule has 1 fully saturated rings. The largest absolute Gasteiger partial charge is 0.368 e. The predicted molar refractivity (Wildman–Crippen MR) is 135 cm³/mol. The fourth-order valence-electron chi connectivity index (χ4n) is 3.87. The van der Waals surface area contributed by atoms with Crippen LogP contribution < -0.4 is 10.2 Å². The Bertz CT molecular complexity index is 978. The summed E-state index contributed by atoms with van der Waals surface area (Å²) in [4.78, 5) is 30.3. The lowest BCUT2D eigenvalue weighted by Crippen LogP contribution is -2.55. The molecule has 1 saturated heterocycles. The van der Waals surface area contributed by atoms with E-state index >= 15 is 0 Å². The van der Waals surface area contributed by atoms with Gasteiger partial charge in [-0.25, -0.2) is 0 Å². The first-order chi connectivity index (χ1) is 15.3. The standard InChI is InChI=1S/C24H29Cl2N3O2S/c1-16-5-4-6-22(17(16)2)28-10-12-29(13-11-28)24(31)21(9-14-32-3)27-23(30)19-8-7-18(25)15-20(19)26/h4-8,15,21H,9-14H2,1-3H3,(H,27,30). The second-order valence-electron chi connectivity index (χ2n) is 7.96. The summed E-state index contributed by atoms with van der Waals surface area (Å²) in [7, 11) is 0. The maximum Gasteiger partial charge on any atom is 0.253 e. The number of piperazine rings is 1. The molecule has 0 aromatic heterocycles. The molecule has 1 atom stereocenters. The minimum absolute atomic E-state index is 0.0434. The quantitative estimate of drug-likeness (QED) is 0.600. The number of benzene rings is 2. The molecule has 0 radical (unpaired) electrons. The third-order valence-electron chi connectivity index (χ3n) is 5.90. The van der Waals surface area contributed by atoms with E-state index in [9.17, 15) is 9.59 Å². The van der Waals surface area contributed by atoms with Crippen LogP contribution in [0.2, 0.25) is 10.0 Å². The summed E-state index contributed by atoms with van der Waals surface area (Å²) in [5.41, 5.74) is 4.08. The van der Waals surface area contributed by atoms with Gasteiger partial charge < -0.3 is 15.1 Å². The fourth-order valence-corrected chi connectivity index (χ4v) is 4.83. The summed E-state index contributed by atoms with van der Waals surface area (Å²) in [5, 5.41) is 3.63. The number of hydrogen-bond acceptors (Lipinski definition) is 4. The fraction of sp³-hybridized carbons (Fsp3) is 0.417. The minimum atomic E-state index is -0.589. The first-order valence-corrected chi connectivity index (χ1v) is 12.8. The molecule has 1 N–H and O–H groups in total. The molecular formula is C24H29Cl2N3O2S. The molecule has 1 heterocycles. The summed E-state index contributed by atoms with van der Waals surface area (Å²) in [6.07, 6.45) is 2.55. The van der Waals surface area contributed by atoms with Gasteiger partial charge in [0.25, 0.3) is 5.91 Å². The Balaban J connectivity index is 1.67. The molecule has 8 heteroatoms. The number of carbonyl (C=O) groups is 2. The van der Waals surface area contributed by atoms with Crippen LogP contribution in [0, 0.1) is 13.8 Å². The van der Waals surface area contributed by atoms with Crippen molar-refractivity contribution in [2.75, 3.05) is 43.1 Å². The molecule has 1 unspecified atom stereocenters. The average molecular weight is 494 g/mol. The van der Waals surface area contributed by atoms with Gasteiger partial charge in [-0.15, -0.1) is 0 Å². The number of thioether (sulfide) groups is 1. The summed E-state index contributed by atoms with van der Waals surface area (Å²) >= 11 is 13.8. The van der Waals surface area contributed by atoms with Crippen LogP contribution in [0.25, 0.3) is 0 Å². The van der Waals surface area contributed by atoms with Crippen molar-refractivity contribution in [1.29, 1.82) is 0 Å². The molecule has 1 aliphatic heterocycles. The summed E-state index contributed by atoms with van der Waals surface area (Å²) in [6, 6.07) is 10.5. The maximum atomic E-state index is 13.3. The van der Waals surface area contributed by atoms with Gasteiger partial charge in [-0.1, -0.05) is 35.3 Å². The van der Waals surface area contributed by atoms with Gasteiger partial charge in [0, 0.05) is 36.9 Å². The molecule has 0 saturated carbocycles. The number of carbonyl (C=O) groups excluding carboxylic acids is 2. The Kier molecular flexibility index (Phi) is 8.74. The van der Waals surface area contributed by atoms with Crippen molar-refractivity contribution in [1.82, 2.24) is 10.2 Å². The molecule has 0 bridgehead atoms. The van der Waals surface area contributed by atoms with E-state index < -0.39 is 6.04 Å². The Morgan fingerprint density at radius 3 is 2.47 bits per heavy atom. The van der Waals surface area contributed by atoms with Crippen LogP contribution >= 0.6 is 35.0 Å². The number of nitrogens with zero attached hydrogens (tertiary/aromatic N) is 2. The van der Waals surface area contributed by atoms with Crippen LogP contribution in [-0.2, 0) is 4.79 Å². The highest BCUT2D eigenvalue weighted by atomic mass is 35.5. The van der Waals surface area contributed by atoms with E-state index in [1.54, 1.807) is 23.9 Å². The SMILES string of the molecule is CSCCC(NC(=O)c1ccc(Cl)cc1Cl)C(=O)N1CCN(c2cccc(C)c2C)CC1. The molecule has 0 spiro atoms. The monoisotopic (exact) mass is 493 g/mol. The minimum Gasteiger partial charge on any atom is -0.368 e. The Morgan fingerprint density at radius 1 is 1.09 bits per heavy atom. The Morgan fingerprint density at radius 2 is 1.81 bits per heavy atom. The average Bonchev–Trinajstić information content (AvgIpc) is 2.78. The molecule has 172 valence electrons. The second kappa shape index (κ2) is 11.3. The van der Waals surface area contributed by atoms with Gasteiger partial charge in [-0.3, -0.25) is 9.59 Å². The van der Waals surface area contributed by atoms with Crippen molar-refractivity contribution in [3.05, 3.63) is 63.1 Å². The smallest absolute Gasteiger partial charge is 0.253 e. The molecule has 0 aliphatic carbocycles. The molecular weight excluding hydrogens is 465 g/mol. The third kappa shape index (κ3) is 5.91. The van der Waals surface area contributed by atoms with Gasteiger partial charge in [-0.2, -0.15) is 11.8 Å². The van der Waals surface area contributed by atoms with Gasteiger partial charge in [-0.05, 0) is 67.7 Å². The zero-order valence-electron chi connectivity index (χ0n) is 18.7. The molecule has 2 amide bonds. The summed E-state index contributed by atoms with van der Waals surface area (Å²) in [6.45, 7) is 7.03. The van der Waals surface area contributed by atoms with Crippen LogP contribution in [-0.4, -0.2) is 60.9 Å². The number of nitrogens with one attached hydrogen (secondary N) is 1.